The van der Waals surface area contributed by atoms with Crippen LogP contribution in [0.5, 0.6) is 0 Å². The molecule has 5 nitrogen and oxygen atoms in total. The molecule has 0 saturated heterocycles. The van der Waals surface area contributed by atoms with Crippen molar-refractivity contribution in [3.05, 3.63) is 48.3 Å². The van der Waals surface area contributed by atoms with E-state index in [-0.39, 0.29) is 0 Å². The van der Waals surface area contributed by atoms with Gasteiger partial charge in [0.1, 0.15) is 11.6 Å². The highest BCUT2D eigenvalue weighted by Crippen LogP contribution is 2.21. The Morgan fingerprint density at radius 3 is 2.94 bits per heavy atom. The fourth-order valence-corrected chi connectivity index (χ4v) is 1.90. The van der Waals surface area contributed by atoms with Crippen molar-refractivity contribution < 1.29 is 0 Å². The van der Waals surface area contributed by atoms with Crippen LogP contribution in [0, 0.1) is 0 Å². The molecule has 3 aromatic rings. The zero-order chi connectivity index (χ0) is 12.4. The van der Waals surface area contributed by atoms with Gasteiger partial charge >= 0.3 is 0 Å². The average Bonchev–Trinajstić information content (AvgIpc) is 2.82. The predicted molar refractivity (Wildman–Crippen MR) is 72.1 cm³/mol. The Balaban J connectivity index is 1.89. The van der Waals surface area contributed by atoms with E-state index in [0.717, 1.165) is 22.2 Å². The van der Waals surface area contributed by atoms with E-state index in [9.17, 15) is 0 Å². The van der Waals surface area contributed by atoms with E-state index in [0.29, 0.717) is 12.4 Å². The molecule has 2 heterocycles. The van der Waals surface area contributed by atoms with Crippen molar-refractivity contribution in [2.24, 2.45) is 0 Å². The number of fused-ring (bicyclic) bond motifs is 1. The number of nitrogens with zero attached hydrogens (tertiary/aromatic N) is 2. The Bertz CT molecular complexity index is 668. The summed E-state index contributed by atoms with van der Waals surface area (Å²) < 4.78 is 0. The minimum Gasteiger partial charge on any atom is -0.384 e. The van der Waals surface area contributed by atoms with Gasteiger partial charge in [0.15, 0.2) is 0 Å². The molecule has 4 N–H and O–H groups in total. The molecule has 0 aliphatic rings. The number of nitrogen functional groups attached to an aromatic ring is 1. The molecule has 0 bridgehead atoms. The van der Waals surface area contributed by atoms with Gasteiger partial charge in [0.05, 0.1) is 6.20 Å². The quantitative estimate of drug-likeness (QED) is 0.654. The van der Waals surface area contributed by atoms with Crippen LogP contribution in [0.3, 0.4) is 0 Å². The first-order chi connectivity index (χ1) is 8.84. The summed E-state index contributed by atoms with van der Waals surface area (Å²) in [6.45, 7) is 0.601. The summed E-state index contributed by atoms with van der Waals surface area (Å²) in [6.07, 6.45) is 3.51. The Labute approximate surface area is 104 Å². The summed E-state index contributed by atoms with van der Waals surface area (Å²) >= 11 is 0. The minimum atomic E-state index is 0.586. The van der Waals surface area contributed by atoms with Gasteiger partial charge in [-0.1, -0.05) is 24.3 Å². The molecule has 2 aromatic heterocycles. The summed E-state index contributed by atoms with van der Waals surface area (Å²) in [5, 5.41) is 12.1. The van der Waals surface area contributed by atoms with Crippen LogP contribution in [0.15, 0.2) is 42.7 Å². The molecule has 0 amide bonds. The molecule has 0 saturated carbocycles. The number of pyridine rings is 1. The van der Waals surface area contributed by atoms with E-state index >= 15 is 0 Å². The van der Waals surface area contributed by atoms with Crippen LogP contribution in [0.25, 0.3) is 10.8 Å². The van der Waals surface area contributed by atoms with Crippen molar-refractivity contribution in [3.8, 4) is 0 Å². The van der Waals surface area contributed by atoms with Crippen LogP contribution in [-0.2, 0) is 6.54 Å². The second-order valence-electron chi connectivity index (χ2n) is 4.04. The lowest BCUT2D eigenvalue weighted by Gasteiger charge is -2.07. The molecule has 3 rings (SSSR count). The number of H-pyrrole nitrogens is 1. The summed E-state index contributed by atoms with van der Waals surface area (Å²) in [6, 6.07) is 10.1. The highest BCUT2D eigenvalue weighted by molar-refractivity contribution is 5.91. The van der Waals surface area contributed by atoms with Crippen molar-refractivity contribution in [3.63, 3.8) is 0 Å². The van der Waals surface area contributed by atoms with Crippen molar-refractivity contribution in [2.45, 2.75) is 6.54 Å². The molecule has 5 heteroatoms. The van der Waals surface area contributed by atoms with Gasteiger partial charge in [-0.2, -0.15) is 5.10 Å². The maximum atomic E-state index is 5.74. The number of aromatic nitrogens is 3. The molecule has 18 heavy (non-hydrogen) atoms. The minimum absolute atomic E-state index is 0.586. The second-order valence-corrected chi connectivity index (χ2v) is 4.04. The lowest BCUT2D eigenvalue weighted by atomic mass is 10.1. The second kappa shape index (κ2) is 4.37. The molecule has 0 spiro atoms. The Kier molecular flexibility index (Phi) is 2.57. The van der Waals surface area contributed by atoms with E-state index in [1.807, 2.05) is 24.3 Å². The summed E-state index contributed by atoms with van der Waals surface area (Å²) in [5.41, 5.74) is 6.67. The molecule has 1 aromatic carbocycles. The topological polar surface area (TPSA) is 79.6 Å². The lowest BCUT2D eigenvalue weighted by Crippen LogP contribution is -2.03. The summed E-state index contributed by atoms with van der Waals surface area (Å²) in [7, 11) is 0. The maximum absolute atomic E-state index is 5.74. The highest BCUT2D eigenvalue weighted by atomic mass is 15.1. The van der Waals surface area contributed by atoms with E-state index in [1.165, 1.54) is 0 Å². The monoisotopic (exact) mass is 239 g/mol. The number of hydrogen-bond donors (Lipinski definition) is 3. The average molecular weight is 239 g/mol. The molecule has 0 aliphatic carbocycles. The maximum Gasteiger partial charge on any atom is 0.134 e. The largest absolute Gasteiger partial charge is 0.384 e. The third-order valence-electron chi connectivity index (χ3n) is 2.87. The fourth-order valence-electron chi connectivity index (χ4n) is 1.90. The van der Waals surface area contributed by atoms with Crippen LogP contribution in [0.4, 0.5) is 11.6 Å². The molecule has 0 fully saturated rings. The van der Waals surface area contributed by atoms with Crippen LogP contribution in [0.2, 0.25) is 0 Å². The van der Waals surface area contributed by atoms with Gasteiger partial charge in [-0.3, -0.25) is 5.10 Å². The Hall–Kier alpha value is -2.56. The van der Waals surface area contributed by atoms with E-state index in [2.05, 4.69) is 26.6 Å². The van der Waals surface area contributed by atoms with Gasteiger partial charge in [-0.05, 0) is 11.5 Å². The van der Waals surface area contributed by atoms with E-state index in [4.69, 9.17) is 5.73 Å². The molecule has 90 valence electrons. The summed E-state index contributed by atoms with van der Waals surface area (Å²) in [4.78, 5) is 4.35. The van der Waals surface area contributed by atoms with Gasteiger partial charge in [0, 0.05) is 23.7 Å². The number of hydrogen-bond acceptors (Lipinski definition) is 4. The first-order valence-electron chi connectivity index (χ1n) is 5.70. The number of nitrogens with one attached hydrogen (secondary N) is 2. The fraction of sp³-hybridized carbons (Fsp3) is 0.0769. The van der Waals surface area contributed by atoms with Gasteiger partial charge in [0.25, 0.3) is 0 Å². The highest BCUT2D eigenvalue weighted by Gasteiger charge is 2.04. The lowest BCUT2D eigenvalue weighted by molar-refractivity contribution is 1.10. The predicted octanol–water partition coefficient (Wildman–Crippen LogP) is 2.15. The van der Waals surface area contributed by atoms with Gasteiger partial charge in [0.2, 0.25) is 0 Å². The molecule has 0 aliphatic heterocycles. The first kappa shape index (κ1) is 10.6. The number of rotatable bonds is 3. The Morgan fingerprint density at radius 2 is 2.11 bits per heavy atom. The van der Waals surface area contributed by atoms with Crippen molar-refractivity contribution in [1.82, 2.24) is 15.2 Å². The van der Waals surface area contributed by atoms with E-state index in [1.54, 1.807) is 12.4 Å². The van der Waals surface area contributed by atoms with Crippen molar-refractivity contribution in [1.29, 1.82) is 0 Å². The Morgan fingerprint density at radius 1 is 1.22 bits per heavy atom. The van der Waals surface area contributed by atoms with Gasteiger partial charge in [-0.25, -0.2) is 4.98 Å². The molecule has 0 unspecified atom stereocenters. The van der Waals surface area contributed by atoms with Crippen LogP contribution in [-0.4, -0.2) is 15.2 Å². The van der Waals surface area contributed by atoms with Gasteiger partial charge in [-0.15, -0.1) is 0 Å². The standard InChI is InChI=1S/C13H13N5/c14-12-10(8-17-18-12)7-16-13-11-4-2-1-3-9(11)5-6-15-13/h1-6,8H,7H2,(H,15,16)(H3,14,17,18). The van der Waals surface area contributed by atoms with Crippen molar-refractivity contribution in [2.75, 3.05) is 11.1 Å². The summed E-state index contributed by atoms with van der Waals surface area (Å²) in [5.74, 6) is 1.44. The smallest absolute Gasteiger partial charge is 0.134 e. The van der Waals surface area contributed by atoms with Crippen LogP contribution < -0.4 is 11.1 Å². The normalized spacial score (nSPS) is 10.7. The number of aromatic amines is 1. The van der Waals surface area contributed by atoms with Crippen LogP contribution in [0.1, 0.15) is 5.56 Å². The number of nitrogens with two attached hydrogens (primary N) is 1. The van der Waals surface area contributed by atoms with Crippen molar-refractivity contribution >= 4 is 22.4 Å². The third-order valence-corrected chi connectivity index (χ3v) is 2.87. The first-order valence-corrected chi connectivity index (χ1v) is 5.70. The van der Waals surface area contributed by atoms with Crippen LogP contribution >= 0.6 is 0 Å². The van der Waals surface area contributed by atoms with E-state index < -0.39 is 0 Å². The number of anilines is 2. The zero-order valence-electron chi connectivity index (χ0n) is 9.72. The third kappa shape index (κ3) is 1.86. The SMILES string of the molecule is Nc1[nH]ncc1CNc1nccc2ccccc12. The number of benzene rings is 1. The van der Waals surface area contributed by atoms with Gasteiger partial charge < -0.3 is 11.1 Å². The molecular weight excluding hydrogens is 226 g/mol. The molecular formula is C13H13N5. The molecule has 0 radical (unpaired) electrons. The zero-order valence-corrected chi connectivity index (χ0v) is 9.72. The molecule has 0 atom stereocenters.